The van der Waals surface area contributed by atoms with Gasteiger partial charge < -0.3 is 24.6 Å². The van der Waals surface area contributed by atoms with Crippen molar-refractivity contribution in [2.45, 2.75) is 39.3 Å². The van der Waals surface area contributed by atoms with Crippen molar-refractivity contribution >= 4 is 17.8 Å². The summed E-state index contributed by atoms with van der Waals surface area (Å²) in [6.07, 6.45) is -0.566. The fraction of sp³-hybridized carbons (Fsp3) is 0.389. The summed E-state index contributed by atoms with van der Waals surface area (Å²) in [7, 11) is 1.53. The van der Waals surface area contributed by atoms with E-state index in [0.29, 0.717) is 17.1 Å². The summed E-state index contributed by atoms with van der Waals surface area (Å²) in [4.78, 5) is 24.1. The van der Waals surface area contributed by atoms with Crippen LogP contribution in [0.5, 0.6) is 5.75 Å². The van der Waals surface area contributed by atoms with Crippen molar-refractivity contribution in [2.75, 3.05) is 12.4 Å². The molecule has 0 saturated heterocycles. The molecule has 2 amide bonds. The van der Waals surface area contributed by atoms with Gasteiger partial charge in [-0.2, -0.15) is 0 Å². The molecular weight excluding hydrogens is 338 g/mol. The van der Waals surface area contributed by atoms with Gasteiger partial charge in [0.2, 0.25) is 0 Å². The van der Waals surface area contributed by atoms with Crippen molar-refractivity contribution in [1.29, 1.82) is 0 Å². The standard InChI is InChI=1S/C18H23N3O5/c1-11(19-17(23)25-18(2,3)4)14-10-15(21-26-14)20-16(22)12-7-6-8-13(9-12)24-5/h6-11H,1-5H3,(H,19,23)(H,20,21,22)/t11-/m1/s1. The summed E-state index contributed by atoms with van der Waals surface area (Å²) < 4.78 is 15.5. The molecule has 0 aliphatic rings. The highest BCUT2D eigenvalue weighted by Gasteiger charge is 2.21. The maximum Gasteiger partial charge on any atom is 0.408 e. The number of hydrogen-bond acceptors (Lipinski definition) is 6. The molecule has 8 nitrogen and oxygen atoms in total. The van der Waals surface area contributed by atoms with E-state index in [1.165, 1.54) is 7.11 Å². The average molecular weight is 361 g/mol. The number of ether oxygens (including phenoxy) is 2. The molecule has 0 aliphatic carbocycles. The summed E-state index contributed by atoms with van der Waals surface area (Å²) in [5.41, 5.74) is -0.171. The van der Waals surface area contributed by atoms with E-state index in [0.717, 1.165) is 0 Å². The van der Waals surface area contributed by atoms with Gasteiger partial charge in [-0.15, -0.1) is 0 Å². The molecule has 0 fully saturated rings. The van der Waals surface area contributed by atoms with Gasteiger partial charge in [0.15, 0.2) is 11.6 Å². The van der Waals surface area contributed by atoms with Gasteiger partial charge in [0.25, 0.3) is 5.91 Å². The Kier molecular flexibility index (Phi) is 5.86. The monoisotopic (exact) mass is 361 g/mol. The van der Waals surface area contributed by atoms with Gasteiger partial charge in [-0.25, -0.2) is 4.79 Å². The molecule has 26 heavy (non-hydrogen) atoms. The van der Waals surface area contributed by atoms with Crippen molar-refractivity contribution in [1.82, 2.24) is 10.5 Å². The Morgan fingerprint density at radius 1 is 1.23 bits per heavy atom. The second-order valence-corrected chi connectivity index (χ2v) is 6.67. The maximum absolute atomic E-state index is 12.3. The number of carbonyl (C=O) groups excluding carboxylic acids is 2. The van der Waals surface area contributed by atoms with Crippen LogP contribution in [0.3, 0.4) is 0 Å². The topological polar surface area (TPSA) is 103 Å². The van der Waals surface area contributed by atoms with Crippen LogP contribution in [-0.4, -0.2) is 29.9 Å². The molecule has 0 saturated carbocycles. The van der Waals surface area contributed by atoms with Crippen LogP contribution in [0.1, 0.15) is 49.9 Å². The van der Waals surface area contributed by atoms with Crippen molar-refractivity contribution < 1.29 is 23.6 Å². The summed E-state index contributed by atoms with van der Waals surface area (Å²) in [5, 5.41) is 9.07. The van der Waals surface area contributed by atoms with Crippen molar-refractivity contribution in [3.8, 4) is 5.75 Å². The Bertz CT molecular complexity index is 779. The molecule has 2 rings (SSSR count). The fourth-order valence-corrected chi connectivity index (χ4v) is 2.06. The number of hydrogen-bond donors (Lipinski definition) is 2. The molecule has 1 aromatic heterocycles. The van der Waals surface area contributed by atoms with Gasteiger partial charge in [-0.3, -0.25) is 4.79 Å². The van der Waals surface area contributed by atoms with Crippen LogP contribution in [0, 0.1) is 0 Å². The Balaban J connectivity index is 1.98. The van der Waals surface area contributed by atoms with Gasteiger partial charge in [0.05, 0.1) is 13.2 Å². The first-order valence-corrected chi connectivity index (χ1v) is 8.09. The molecule has 2 N–H and O–H groups in total. The molecule has 0 radical (unpaired) electrons. The average Bonchev–Trinajstić information content (AvgIpc) is 3.01. The summed E-state index contributed by atoms with van der Waals surface area (Å²) in [5.74, 6) is 0.854. The van der Waals surface area contributed by atoms with Crippen LogP contribution in [-0.2, 0) is 4.74 Å². The highest BCUT2D eigenvalue weighted by atomic mass is 16.6. The van der Waals surface area contributed by atoms with Crippen LogP contribution in [0.15, 0.2) is 34.9 Å². The minimum absolute atomic E-state index is 0.241. The maximum atomic E-state index is 12.3. The summed E-state index contributed by atoms with van der Waals surface area (Å²) in [6.45, 7) is 7.05. The predicted molar refractivity (Wildman–Crippen MR) is 95.2 cm³/mol. The molecule has 0 bridgehead atoms. The SMILES string of the molecule is COc1cccc(C(=O)Nc2cc([C@@H](C)NC(=O)OC(C)(C)C)on2)c1. The lowest BCUT2D eigenvalue weighted by atomic mass is 10.2. The van der Waals surface area contributed by atoms with E-state index in [1.54, 1.807) is 58.0 Å². The van der Waals surface area contributed by atoms with Gasteiger partial charge in [0.1, 0.15) is 11.4 Å². The lowest BCUT2D eigenvalue weighted by Crippen LogP contribution is -2.33. The zero-order valence-electron chi connectivity index (χ0n) is 15.5. The number of aromatic nitrogens is 1. The first-order valence-electron chi connectivity index (χ1n) is 8.09. The number of benzene rings is 1. The van der Waals surface area contributed by atoms with E-state index in [-0.39, 0.29) is 11.7 Å². The molecule has 1 aromatic carbocycles. The normalized spacial score (nSPS) is 12.2. The molecule has 140 valence electrons. The van der Waals surface area contributed by atoms with Crippen LogP contribution in [0.25, 0.3) is 0 Å². The van der Waals surface area contributed by atoms with E-state index in [4.69, 9.17) is 14.0 Å². The highest BCUT2D eigenvalue weighted by Crippen LogP contribution is 2.19. The van der Waals surface area contributed by atoms with Crippen molar-refractivity contribution in [3.63, 3.8) is 0 Å². The Morgan fingerprint density at radius 3 is 2.62 bits per heavy atom. The van der Waals surface area contributed by atoms with Gasteiger partial charge in [0, 0.05) is 11.6 Å². The Hall–Kier alpha value is -3.03. The molecular formula is C18H23N3O5. The van der Waals surface area contributed by atoms with Gasteiger partial charge >= 0.3 is 6.09 Å². The lowest BCUT2D eigenvalue weighted by Gasteiger charge is -2.21. The van der Waals surface area contributed by atoms with Crippen LogP contribution >= 0.6 is 0 Å². The zero-order valence-corrected chi connectivity index (χ0v) is 15.5. The van der Waals surface area contributed by atoms with E-state index >= 15 is 0 Å². The number of carbonyl (C=O) groups is 2. The number of rotatable bonds is 5. The van der Waals surface area contributed by atoms with E-state index < -0.39 is 17.7 Å². The van der Waals surface area contributed by atoms with Crippen molar-refractivity contribution in [3.05, 3.63) is 41.7 Å². The summed E-state index contributed by atoms with van der Waals surface area (Å²) in [6, 6.07) is 7.80. The Morgan fingerprint density at radius 2 is 1.96 bits per heavy atom. The zero-order chi connectivity index (χ0) is 19.3. The predicted octanol–water partition coefficient (Wildman–Crippen LogP) is 3.52. The molecule has 0 aliphatic heterocycles. The van der Waals surface area contributed by atoms with Gasteiger partial charge in [-0.1, -0.05) is 11.2 Å². The fourth-order valence-electron chi connectivity index (χ4n) is 2.06. The second-order valence-electron chi connectivity index (χ2n) is 6.67. The number of anilines is 1. The molecule has 1 heterocycles. The molecule has 0 spiro atoms. The number of methoxy groups -OCH3 is 1. The number of nitrogens with one attached hydrogen (secondary N) is 2. The van der Waals surface area contributed by atoms with Crippen LogP contribution < -0.4 is 15.4 Å². The lowest BCUT2D eigenvalue weighted by molar-refractivity contribution is 0.0500. The second kappa shape index (κ2) is 7.90. The minimum Gasteiger partial charge on any atom is -0.497 e. The first-order chi connectivity index (χ1) is 12.2. The minimum atomic E-state index is -0.596. The largest absolute Gasteiger partial charge is 0.497 e. The van der Waals surface area contributed by atoms with E-state index in [1.807, 2.05) is 0 Å². The van der Waals surface area contributed by atoms with E-state index in [2.05, 4.69) is 15.8 Å². The summed E-state index contributed by atoms with van der Waals surface area (Å²) >= 11 is 0. The smallest absolute Gasteiger partial charge is 0.408 e. The number of alkyl carbamates (subject to hydrolysis) is 1. The third-order valence-electron chi connectivity index (χ3n) is 3.26. The Labute approximate surface area is 151 Å². The third kappa shape index (κ3) is 5.51. The first kappa shape index (κ1) is 19.3. The molecule has 8 heteroatoms. The number of amides is 2. The van der Waals surface area contributed by atoms with E-state index in [9.17, 15) is 9.59 Å². The highest BCUT2D eigenvalue weighted by molar-refractivity contribution is 6.03. The quantitative estimate of drug-likeness (QED) is 0.845. The van der Waals surface area contributed by atoms with Gasteiger partial charge in [-0.05, 0) is 45.9 Å². The molecule has 0 unspecified atom stereocenters. The van der Waals surface area contributed by atoms with Crippen LogP contribution in [0.4, 0.5) is 10.6 Å². The number of nitrogens with zero attached hydrogens (tertiary/aromatic N) is 1. The molecule has 1 atom stereocenters. The van der Waals surface area contributed by atoms with Crippen molar-refractivity contribution in [2.24, 2.45) is 0 Å². The molecule has 2 aromatic rings. The third-order valence-corrected chi connectivity index (χ3v) is 3.26. The van der Waals surface area contributed by atoms with Crippen LogP contribution in [0.2, 0.25) is 0 Å².